The molecule has 1 aromatic carbocycles. The molecule has 0 bridgehead atoms. The maximum absolute atomic E-state index is 11.8. The molecule has 0 atom stereocenters. The number of aryl methyl sites for hydroxylation is 1. The highest BCUT2D eigenvalue weighted by Gasteiger charge is 2.07. The van der Waals surface area contributed by atoms with Gasteiger partial charge in [-0.2, -0.15) is 0 Å². The molecule has 2 aromatic rings. The fourth-order valence-electron chi connectivity index (χ4n) is 1.73. The lowest BCUT2D eigenvalue weighted by atomic mass is 10.1. The van der Waals surface area contributed by atoms with Gasteiger partial charge in [0, 0.05) is 23.2 Å². The number of rotatable bonds is 5. The Morgan fingerprint density at radius 1 is 1.42 bits per heavy atom. The van der Waals surface area contributed by atoms with Crippen molar-refractivity contribution in [2.24, 2.45) is 0 Å². The lowest BCUT2D eigenvalue weighted by molar-refractivity contribution is 0.0956. The van der Waals surface area contributed by atoms with E-state index in [0.29, 0.717) is 18.7 Å². The molecule has 0 unspecified atom stereocenters. The molecule has 0 fully saturated rings. The summed E-state index contributed by atoms with van der Waals surface area (Å²) in [6.07, 6.45) is 0. The molecule has 0 saturated heterocycles. The summed E-state index contributed by atoms with van der Waals surface area (Å²) in [7, 11) is 0. The zero-order chi connectivity index (χ0) is 13.7. The zero-order valence-electron chi connectivity index (χ0n) is 11.1. The number of hydrogen-bond acceptors (Lipinski definition) is 4. The molecule has 2 rings (SSSR count). The minimum absolute atomic E-state index is 0.0424. The quantitative estimate of drug-likeness (QED) is 0.882. The SMILES string of the molecule is CCNC(=O)c1ccc(C)c(NCc2cscn2)c1. The molecule has 0 saturated carbocycles. The molecule has 2 N–H and O–H groups in total. The molecule has 0 aliphatic carbocycles. The van der Waals surface area contributed by atoms with E-state index in [-0.39, 0.29) is 5.91 Å². The van der Waals surface area contributed by atoms with E-state index in [0.717, 1.165) is 16.9 Å². The first-order valence-corrected chi connectivity index (χ1v) is 7.14. The Balaban J connectivity index is 2.10. The first-order valence-electron chi connectivity index (χ1n) is 6.20. The number of thiazole rings is 1. The number of nitrogens with zero attached hydrogens (tertiary/aromatic N) is 1. The van der Waals surface area contributed by atoms with Gasteiger partial charge in [0.2, 0.25) is 0 Å². The first-order chi connectivity index (χ1) is 9.20. The normalized spacial score (nSPS) is 10.2. The molecule has 0 radical (unpaired) electrons. The Morgan fingerprint density at radius 3 is 2.95 bits per heavy atom. The Labute approximate surface area is 116 Å². The van der Waals surface area contributed by atoms with Crippen LogP contribution in [0.4, 0.5) is 5.69 Å². The summed E-state index contributed by atoms with van der Waals surface area (Å²) in [6.45, 7) is 5.23. The molecule has 4 nitrogen and oxygen atoms in total. The maximum Gasteiger partial charge on any atom is 0.251 e. The van der Waals surface area contributed by atoms with Crippen molar-refractivity contribution in [3.05, 3.63) is 45.9 Å². The van der Waals surface area contributed by atoms with Gasteiger partial charge in [-0.25, -0.2) is 4.98 Å². The van der Waals surface area contributed by atoms with E-state index in [1.165, 1.54) is 0 Å². The largest absolute Gasteiger partial charge is 0.379 e. The van der Waals surface area contributed by atoms with Gasteiger partial charge in [0.1, 0.15) is 0 Å². The van der Waals surface area contributed by atoms with Gasteiger partial charge in [-0.05, 0) is 31.5 Å². The second kappa shape index (κ2) is 6.33. The fourth-order valence-corrected chi connectivity index (χ4v) is 2.29. The van der Waals surface area contributed by atoms with Gasteiger partial charge < -0.3 is 10.6 Å². The van der Waals surface area contributed by atoms with Crippen LogP contribution in [0.25, 0.3) is 0 Å². The predicted molar refractivity (Wildman–Crippen MR) is 78.6 cm³/mol. The van der Waals surface area contributed by atoms with Crippen LogP contribution in [0.3, 0.4) is 0 Å². The molecule has 1 aromatic heterocycles. The molecule has 1 heterocycles. The van der Waals surface area contributed by atoms with Crippen LogP contribution in [0.5, 0.6) is 0 Å². The molecule has 19 heavy (non-hydrogen) atoms. The summed E-state index contributed by atoms with van der Waals surface area (Å²) in [4.78, 5) is 16.0. The van der Waals surface area contributed by atoms with Gasteiger partial charge >= 0.3 is 0 Å². The van der Waals surface area contributed by atoms with Gasteiger partial charge in [0.05, 0.1) is 17.7 Å². The Kier molecular flexibility index (Phi) is 4.52. The predicted octanol–water partition coefficient (Wildman–Crippen LogP) is 2.81. The van der Waals surface area contributed by atoms with E-state index in [9.17, 15) is 4.79 Å². The van der Waals surface area contributed by atoms with E-state index in [1.54, 1.807) is 11.3 Å². The third-order valence-corrected chi connectivity index (χ3v) is 3.42. The van der Waals surface area contributed by atoms with Crippen molar-refractivity contribution < 1.29 is 4.79 Å². The smallest absolute Gasteiger partial charge is 0.251 e. The van der Waals surface area contributed by atoms with Crippen molar-refractivity contribution in [3.63, 3.8) is 0 Å². The highest BCUT2D eigenvalue weighted by Crippen LogP contribution is 2.18. The highest BCUT2D eigenvalue weighted by molar-refractivity contribution is 7.07. The molecule has 100 valence electrons. The Bertz CT molecular complexity index is 552. The minimum Gasteiger partial charge on any atom is -0.379 e. The van der Waals surface area contributed by atoms with Gasteiger partial charge in [-0.3, -0.25) is 4.79 Å². The second-order valence-electron chi connectivity index (χ2n) is 4.22. The molecular weight excluding hydrogens is 258 g/mol. The molecule has 5 heteroatoms. The number of benzene rings is 1. The first kappa shape index (κ1) is 13.5. The van der Waals surface area contributed by atoms with Crippen LogP contribution in [0.2, 0.25) is 0 Å². The number of nitrogens with one attached hydrogen (secondary N) is 2. The van der Waals surface area contributed by atoms with E-state index in [4.69, 9.17) is 0 Å². The third-order valence-electron chi connectivity index (χ3n) is 2.78. The van der Waals surface area contributed by atoms with Gasteiger partial charge in [-0.1, -0.05) is 6.07 Å². The van der Waals surface area contributed by atoms with Crippen LogP contribution in [-0.2, 0) is 6.54 Å². The molecule has 0 aliphatic rings. The molecular formula is C14H17N3OS. The lowest BCUT2D eigenvalue weighted by Crippen LogP contribution is -2.22. The summed E-state index contributed by atoms with van der Waals surface area (Å²) >= 11 is 1.58. The average Bonchev–Trinajstić information content (AvgIpc) is 2.91. The van der Waals surface area contributed by atoms with E-state index in [1.807, 2.05) is 42.9 Å². The highest BCUT2D eigenvalue weighted by atomic mass is 32.1. The second-order valence-corrected chi connectivity index (χ2v) is 4.94. The Hall–Kier alpha value is -1.88. The zero-order valence-corrected chi connectivity index (χ0v) is 11.9. The molecule has 1 amide bonds. The Morgan fingerprint density at radius 2 is 2.26 bits per heavy atom. The van der Waals surface area contributed by atoms with E-state index >= 15 is 0 Å². The van der Waals surface area contributed by atoms with Crippen LogP contribution in [-0.4, -0.2) is 17.4 Å². The van der Waals surface area contributed by atoms with E-state index in [2.05, 4.69) is 15.6 Å². The summed E-state index contributed by atoms with van der Waals surface area (Å²) < 4.78 is 0. The van der Waals surface area contributed by atoms with Gasteiger partial charge in [-0.15, -0.1) is 11.3 Å². The third kappa shape index (κ3) is 3.54. The van der Waals surface area contributed by atoms with E-state index < -0.39 is 0 Å². The summed E-state index contributed by atoms with van der Waals surface area (Å²) in [5.74, 6) is -0.0424. The summed E-state index contributed by atoms with van der Waals surface area (Å²) in [5, 5.41) is 8.13. The van der Waals surface area contributed by atoms with Crippen LogP contribution < -0.4 is 10.6 Å². The van der Waals surface area contributed by atoms with Gasteiger partial charge in [0.15, 0.2) is 0 Å². The van der Waals surface area contributed by atoms with Crippen molar-refractivity contribution in [1.29, 1.82) is 0 Å². The lowest BCUT2D eigenvalue weighted by Gasteiger charge is -2.10. The van der Waals surface area contributed by atoms with Crippen LogP contribution in [0, 0.1) is 6.92 Å². The minimum atomic E-state index is -0.0424. The maximum atomic E-state index is 11.8. The van der Waals surface area contributed by atoms with Crippen molar-refractivity contribution in [2.75, 3.05) is 11.9 Å². The number of anilines is 1. The standard InChI is InChI=1S/C14H17N3OS/c1-3-15-14(18)11-5-4-10(2)13(6-11)16-7-12-8-19-9-17-12/h4-6,8-9,16H,3,7H2,1-2H3,(H,15,18). The average molecular weight is 275 g/mol. The summed E-state index contributed by atoms with van der Waals surface area (Å²) in [5.41, 5.74) is 5.58. The number of carbonyl (C=O) groups excluding carboxylic acids is 1. The number of carbonyl (C=O) groups is 1. The van der Waals surface area contributed by atoms with Crippen molar-refractivity contribution >= 4 is 22.9 Å². The van der Waals surface area contributed by atoms with Crippen molar-refractivity contribution in [1.82, 2.24) is 10.3 Å². The van der Waals surface area contributed by atoms with Crippen LogP contribution in [0.15, 0.2) is 29.1 Å². The number of aromatic nitrogens is 1. The molecule has 0 spiro atoms. The van der Waals surface area contributed by atoms with Crippen molar-refractivity contribution in [3.8, 4) is 0 Å². The van der Waals surface area contributed by atoms with Gasteiger partial charge in [0.25, 0.3) is 5.91 Å². The number of hydrogen-bond donors (Lipinski definition) is 2. The van der Waals surface area contributed by atoms with Crippen molar-refractivity contribution in [2.45, 2.75) is 20.4 Å². The number of amides is 1. The van der Waals surface area contributed by atoms with Crippen LogP contribution >= 0.6 is 11.3 Å². The summed E-state index contributed by atoms with van der Waals surface area (Å²) in [6, 6.07) is 5.68. The molecule has 0 aliphatic heterocycles. The van der Waals surface area contributed by atoms with Crippen LogP contribution in [0.1, 0.15) is 28.5 Å². The monoisotopic (exact) mass is 275 g/mol. The topological polar surface area (TPSA) is 54.0 Å². The fraction of sp³-hybridized carbons (Fsp3) is 0.286.